The quantitative estimate of drug-likeness (QED) is 0.578. The maximum Gasteiger partial charge on any atom is 0.267 e. The number of amides is 1. The zero-order valence-corrected chi connectivity index (χ0v) is 18.0. The Labute approximate surface area is 181 Å². The third-order valence-corrected chi connectivity index (χ3v) is 6.47. The molecule has 6 nitrogen and oxygen atoms in total. The van der Waals surface area contributed by atoms with Crippen LogP contribution in [-0.4, -0.2) is 28.0 Å². The van der Waals surface area contributed by atoms with E-state index in [1.807, 2.05) is 31.2 Å². The molecule has 0 heterocycles. The lowest BCUT2D eigenvalue weighted by Gasteiger charge is -2.24. The second-order valence-electron chi connectivity index (χ2n) is 6.90. The first-order valence-corrected chi connectivity index (χ1v) is 11.0. The lowest BCUT2D eigenvalue weighted by molar-refractivity contribution is -0.119. The molecule has 162 valence electrons. The summed E-state index contributed by atoms with van der Waals surface area (Å²) in [6.45, 7) is 1.70. The van der Waals surface area contributed by atoms with E-state index in [2.05, 4.69) is 5.32 Å². The number of benzene rings is 3. The highest BCUT2D eigenvalue weighted by molar-refractivity contribution is 7.92. The lowest BCUT2D eigenvalue weighted by Crippen LogP contribution is -2.41. The summed E-state index contributed by atoms with van der Waals surface area (Å²) in [5.41, 5.74) is 2.19. The summed E-state index contributed by atoms with van der Waals surface area (Å²) in [7, 11) is -2.84. The van der Waals surface area contributed by atoms with Gasteiger partial charge in [-0.3, -0.25) is 9.10 Å². The summed E-state index contributed by atoms with van der Waals surface area (Å²) in [5.74, 6) is -0.881. The second-order valence-corrected chi connectivity index (χ2v) is 8.73. The average Bonchev–Trinajstić information content (AvgIpc) is 2.77. The first-order chi connectivity index (χ1) is 14.8. The molecule has 0 unspecified atom stereocenters. The van der Waals surface area contributed by atoms with Crippen LogP contribution < -0.4 is 14.4 Å². The van der Waals surface area contributed by atoms with Crippen LogP contribution in [0.25, 0.3) is 0 Å². The molecule has 0 spiro atoms. The normalized spacial score (nSPS) is 11.1. The number of anilines is 1. The highest BCUT2D eigenvalue weighted by atomic mass is 32.2. The largest absolute Gasteiger partial charge is 0.497 e. The summed E-state index contributed by atoms with van der Waals surface area (Å²) < 4.78 is 46.7. The van der Waals surface area contributed by atoms with E-state index in [0.29, 0.717) is 5.75 Å². The van der Waals surface area contributed by atoms with E-state index in [-0.39, 0.29) is 12.2 Å². The third-order valence-electron chi connectivity index (χ3n) is 4.66. The van der Waals surface area contributed by atoms with Crippen LogP contribution in [0.15, 0.2) is 77.7 Å². The van der Waals surface area contributed by atoms with Gasteiger partial charge in [0.2, 0.25) is 5.91 Å². The van der Waals surface area contributed by atoms with Gasteiger partial charge >= 0.3 is 0 Å². The van der Waals surface area contributed by atoms with Crippen LogP contribution in [-0.2, 0) is 21.4 Å². The van der Waals surface area contributed by atoms with Gasteiger partial charge in [-0.1, -0.05) is 42.0 Å². The predicted molar refractivity (Wildman–Crippen MR) is 117 cm³/mol. The fraction of sp³-hybridized carbons (Fsp3) is 0.174. The molecule has 0 atom stereocenters. The number of hydrogen-bond acceptors (Lipinski definition) is 4. The maximum atomic E-state index is 14.3. The molecule has 0 aliphatic carbocycles. The highest BCUT2D eigenvalue weighted by Gasteiger charge is 2.29. The van der Waals surface area contributed by atoms with Crippen LogP contribution in [0.1, 0.15) is 11.1 Å². The van der Waals surface area contributed by atoms with Gasteiger partial charge in [0.15, 0.2) is 0 Å². The molecule has 8 heteroatoms. The molecule has 0 aromatic heterocycles. The maximum absolute atomic E-state index is 14.3. The molecule has 3 aromatic carbocycles. The molecule has 1 amide bonds. The van der Waals surface area contributed by atoms with E-state index >= 15 is 0 Å². The molecule has 0 radical (unpaired) electrons. The summed E-state index contributed by atoms with van der Waals surface area (Å²) in [6, 6.07) is 18.8. The zero-order valence-electron chi connectivity index (χ0n) is 17.2. The Hall–Kier alpha value is -3.39. The average molecular weight is 443 g/mol. The van der Waals surface area contributed by atoms with Crippen LogP contribution >= 0.6 is 0 Å². The van der Waals surface area contributed by atoms with Gasteiger partial charge in [-0.05, 0) is 48.9 Å². The number of carbonyl (C=O) groups is 1. The monoisotopic (exact) mass is 442 g/mol. The fourth-order valence-corrected chi connectivity index (χ4v) is 4.42. The van der Waals surface area contributed by atoms with Crippen molar-refractivity contribution in [1.29, 1.82) is 0 Å². The molecule has 3 rings (SSSR count). The Kier molecular flexibility index (Phi) is 6.91. The van der Waals surface area contributed by atoms with Crippen molar-refractivity contribution in [2.45, 2.75) is 18.4 Å². The van der Waals surface area contributed by atoms with Crippen LogP contribution in [0.2, 0.25) is 0 Å². The molecule has 0 aliphatic rings. The lowest BCUT2D eigenvalue weighted by atomic mass is 10.1. The summed E-state index contributed by atoms with van der Waals surface area (Å²) in [6.07, 6.45) is 0. The Morgan fingerprint density at radius 2 is 1.65 bits per heavy atom. The van der Waals surface area contributed by atoms with Gasteiger partial charge in [0.1, 0.15) is 23.0 Å². The number of sulfonamides is 1. The standard InChI is InChI=1S/C23H23FN2O4S/c1-17-7-9-18(10-8-17)15-25-23(27)16-26(19-11-13-20(30-2)14-12-19)31(28,29)22-6-4-3-5-21(22)24/h3-14H,15-16H2,1-2H3,(H,25,27). The Morgan fingerprint density at radius 1 is 1.00 bits per heavy atom. The van der Waals surface area contributed by atoms with Gasteiger partial charge in [0.05, 0.1) is 12.8 Å². The smallest absolute Gasteiger partial charge is 0.267 e. The van der Waals surface area contributed by atoms with Crippen molar-refractivity contribution in [2.75, 3.05) is 18.0 Å². The predicted octanol–water partition coefficient (Wildman–Crippen LogP) is 3.65. The van der Waals surface area contributed by atoms with Gasteiger partial charge in [-0.15, -0.1) is 0 Å². The number of carbonyl (C=O) groups excluding carboxylic acids is 1. The van der Waals surface area contributed by atoms with Crippen molar-refractivity contribution in [2.24, 2.45) is 0 Å². The number of rotatable bonds is 8. The minimum absolute atomic E-state index is 0.217. The van der Waals surface area contributed by atoms with Gasteiger partial charge in [0, 0.05) is 6.54 Å². The summed E-state index contributed by atoms with van der Waals surface area (Å²) >= 11 is 0. The van der Waals surface area contributed by atoms with Gasteiger partial charge < -0.3 is 10.1 Å². The van der Waals surface area contributed by atoms with Crippen molar-refractivity contribution < 1.29 is 22.3 Å². The summed E-state index contributed by atoms with van der Waals surface area (Å²) in [5, 5.41) is 2.72. The van der Waals surface area contributed by atoms with E-state index in [9.17, 15) is 17.6 Å². The van der Waals surface area contributed by atoms with Gasteiger partial charge in [0.25, 0.3) is 10.0 Å². The van der Waals surface area contributed by atoms with Crippen LogP contribution in [0.3, 0.4) is 0 Å². The molecule has 0 saturated heterocycles. The van der Waals surface area contributed by atoms with Crippen LogP contribution in [0.5, 0.6) is 5.75 Å². The number of aryl methyl sites for hydroxylation is 1. The molecule has 0 bridgehead atoms. The number of ether oxygens (including phenoxy) is 1. The van der Waals surface area contributed by atoms with E-state index in [4.69, 9.17) is 4.74 Å². The van der Waals surface area contributed by atoms with Crippen molar-refractivity contribution in [3.8, 4) is 5.75 Å². The third kappa shape index (κ3) is 5.40. The molecule has 1 N–H and O–H groups in total. The van der Waals surface area contributed by atoms with Crippen LogP contribution in [0.4, 0.5) is 10.1 Å². The van der Waals surface area contributed by atoms with Crippen molar-refractivity contribution in [3.05, 3.63) is 89.7 Å². The van der Waals surface area contributed by atoms with Crippen molar-refractivity contribution in [1.82, 2.24) is 5.32 Å². The van der Waals surface area contributed by atoms with E-state index in [0.717, 1.165) is 21.5 Å². The van der Waals surface area contributed by atoms with Crippen molar-refractivity contribution in [3.63, 3.8) is 0 Å². The minimum atomic E-state index is -4.33. The highest BCUT2D eigenvalue weighted by Crippen LogP contribution is 2.27. The first-order valence-electron chi connectivity index (χ1n) is 9.55. The Bertz CT molecular complexity index is 1150. The van der Waals surface area contributed by atoms with Crippen molar-refractivity contribution >= 4 is 21.6 Å². The fourth-order valence-electron chi connectivity index (χ4n) is 2.93. The molecule has 0 fully saturated rings. The first kappa shape index (κ1) is 22.3. The second kappa shape index (κ2) is 9.61. The van der Waals surface area contributed by atoms with E-state index in [1.54, 1.807) is 12.1 Å². The van der Waals surface area contributed by atoms with E-state index < -0.39 is 33.2 Å². The zero-order chi connectivity index (χ0) is 22.4. The van der Waals surface area contributed by atoms with Crippen LogP contribution in [0, 0.1) is 12.7 Å². The SMILES string of the molecule is COc1ccc(N(CC(=O)NCc2ccc(C)cc2)S(=O)(=O)c2ccccc2F)cc1. The topological polar surface area (TPSA) is 75.7 Å². The molecule has 31 heavy (non-hydrogen) atoms. The number of halogens is 1. The minimum Gasteiger partial charge on any atom is -0.497 e. The van der Waals surface area contributed by atoms with Gasteiger partial charge in [-0.25, -0.2) is 12.8 Å². The molecular formula is C23H23FN2O4S. The van der Waals surface area contributed by atoms with E-state index in [1.165, 1.54) is 37.4 Å². The molecular weight excluding hydrogens is 419 g/mol. The Balaban J connectivity index is 1.87. The molecule has 3 aromatic rings. The number of nitrogens with zero attached hydrogens (tertiary/aromatic N) is 1. The molecule has 0 aliphatic heterocycles. The van der Waals surface area contributed by atoms with Gasteiger partial charge in [-0.2, -0.15) is 0 Å². The number of nitrogens with one attached hydrogen (secondary N) is 1. The number of methoxy groups -OCH3 is 1. The Morgan fingerprint density at radius 3 is 2.26 bits per heavy atom. The molecule has 0 saturated carbocycles. The number of hydrogen-bond donors (Lipinski definition) is 1. The summed E-state index contributed by atoms with van der Waals surface area (Å²) in [4.78, 5) is 12.1.